The van der Waals surface area contributed by atoms with E-state index in [0.29, 0.717) is 17.3 Å². The molecule has 0 fully saturated rings. The van der Waals surface area contributed by atoms with Gasteiger partial charge in [0.1, 0.15) is 18.3 Å². The number of benzene rings is 3. The van der Waals surface area contributed by atoms with Crippen LogP contribution < -0.4 is 14.4 Å². The zero-order valence-corrected chi connectivity index (χ0v) is 24.8. The monoisotopic (exact) mass is 585 g/mol. The Morgan fingerprint density at radius 1 is 1.00 bits per heavy atom. The first-order valence-corrected chi connectivity index (χ1v) is 14.9. The number of carbonyl (C=O) groups is 2. The molecule has 0 saturated carbocycles. The van der Waals surface area contributed by atoms with Crippen molar-refractivity contribution in [2.45, 2.75) is 51.1 Å². The number of hydrogen-bond donors (Lipinski definition) is 1. The van der Waals surface area contributed by atoms with Gasteiger partial charge in [-0.3, -0.25) is 13.9 Å². The summed E-state index contributed by atoms with van der Waals surface area (Å²) in [6, 6.07) is 19.1. The van der Waals surface area contributed by atoms with E-state index in [0.717, 1.165) is 28.3 Å². The molecule has 0 unspecified atom stereocenters. The van der Waals surface area contributed by atoms with Crippen LogP contribution in [0.1, 0.15) is 37.8 Å². The van der Waals surface area contributed by atoms with Crippen LogP contribution in [-0.4, -0.2) is 51.4 Å². The van der Waals surface area contributed by atoms with Crippen molar-refractivity contribution in [1.82, 2.24) is 10.2 Å². The lowest BCUT2D eigenvalue weighted by atomic mass is 10.1. The number of amides is 2. The smallest absolute Gasteiger partial charge is 0.264 e. The van der Waals surface area contributed by atoms with Crippen molar-refractivity contribution < 1.29 is 22.7 Å². The molecule has 1 N–H and O–H groups in total. The van der Waals surface area contributed by atoms with Gasteiger partial charge >= 0.3 is 0 Å². The minimum absolute atomic E-state index is 0.0337. The van der Waals surface area contributed by atoms with Crippen molar-refractivity contribution in [3.8, 4) is 5.75 Å². The Morgan fingerprint density at radius 3 is 2.27 bits per heavy atom. The second kappa shape index (κ2) is 14.2. The second-order valence-corrected chi connectivity index (χ2v) is 11.8. The highest BCUT2D eigenvalue weighted by atomic mass is 35.5. The molecule has 214 valence electrons. The average Bonchev–Trinajstić information content (AvgIpc) is 2.95. The summed E-state index contributed by atoms with van der Waals surface area (Å²) in [7, 11) is -2.75. The maximum atomic E-state index is 14.0. The van der Waals surface area contributed by atoms with Crippen LogP contribution >= 0.6 is 11.6 Å². The van der Waals surface area contributed by atoms with Gasteiger partial charge < -0.3 is 15.0 Å². The molecule has 3 aromatic carbocycles. The predicted molar refractivity (Wildman–Crippen MR) is 158 cm³/mol. The lowest BCUT2D eigenvalue weighted by Gasteiger charge is -2.32. The van der Waals surface area contributed by atoms with Crippen LogP contribution in [0, 0.1) is 6.92 Å². The molecule has 0 aliphatic rings. The first-order valence-electron chi connectivity index (χ1n) is 13.1. The van der Waals surface area contributed by atoms with Crippen LogP contribution in [0.15, 0.2) is 77.7 Å². The van der Waals surface area contributed by atoms with Crippen LogP contribution in [-0.2, 0) is 26.2 Å². The fourth-order valence-corrected chi connectivity index (χ4v) is 5.64. The van der Waals surface area contributed by atoms with Gasteiger partial charge in [0.05, 0.1) is 17.7 Å². The molecular weight excluding hydrogens is 550 g/mol. The maximum absolute atomic E-state index is 14.0. The Balaban J connectivity index is 2.03. The van der Waals surface area contributed by atoms with E-state index in [4.69, 9.17) is 16.3 Å². The number of methoxy groups -OCH3 is 1. The molecule has 1 atom stereocenters. The average molecular weight is 586 g/mol. The zero-order chi connectivity index (χ0) is 29.3. The second-order valence-electron chi connectivity index (χ2n) is 9.47. The summed E-state index contributed by atoms with van der Waals surface area (Å²) in [5, 5.41) is 3.41. The number of anilines is 1. The highest BCUT2D eigenvalue weighted by Crippen LogP contribution is 2.32. The first kappa shape index (κ1) is 31.0. The Labute approximate surface area is 241 Å². The van der Waals surface area contributed by atoms with E-state index >= 15 is 0 Å². The molecule has 0 heterocycles. The summed E-state index contributed by atoms with van der Waals surface area (Å²) in [6.07, 6.45) is 1.72. The lowest BCUT2D eigenvalue weighted by molar-refractivity contribution is -0.139. The largest absolute Gasteiger partial charge is 0.495 e. The topological polar surface area (TPSA) is 96.0 Å². The van der Waals surface area contributed by atoms with Gasteiger partial charge in [0, 0.05) is 18.1 Å². The number of carbonyl (C=O) groups excluding carboxylic acids is 2. The summed E-state index contributed by atoms with van der Waals surface area (Å²) in [5.41, 5.74) is 1.86. The highest BCUT2D eigenvalue weighted by molar-refractivity contribution is 7.92. The molecule has 10 heteroatoms. The number of ether oxygens (including phenoxy) is 1. The number of sulfonamides is 1. The highest BCUT2D eigenvalue weighted by Gasteiger charge is 2.33. The number of aryl methyl sites for hydroxylation is 1. The van der Waals surface area contributed by atoms with E-state index in [1.165, 1.54) is 24.1 Å². The van der Waals surface area contributed by atoms with Gasteiger partial charge in [-0.25, -0.2) is 8.42 Å². The molecule has 40 heavy (non-hydrogen) atoms. The molecule has 0 saturated heterocycles. The van der Waals surface area contributed by atoms with E-state index in [2.05, 4.69) is 5.32 Å². The fourth-order valence-electron chi connectivity index (χ4n) is 4.09. The Kier molecular flexibility index (Phi) is 11.0. The fraction of sp³-hybridized carbons (Fsp3) is 0.333. The number of nitrogens with zero attached hydrogens (tertiary/aromatic N) is 2. The lowest BCUT2D eigenvalue weighted by Crippen LogP contribution is -2.51. The minimum atomic E-state index is -4.19. The van der Waals surface area contributed by atoms with Crippen LogP contribution in [0.3, 0.4) is 0 Å². The van der Waals surface area contributed by atoms with Crippen LogP contribution in [0.5, 0.6) is 5.75 Å². The zero-order valence-electron chi connectivity index (χ0n) is 23.3. The van der Waals surface area contributed by atoms with E-state index in [1.54, 1.807) is 67.6 Å². The van der Waals surface area contributed by atoms with Crippen LogP contribution in [0.2, 0.25) is 5.02 Å². The van der Waals surface area contributed by atoms with Gasteiger partial charge in [0.2, 0.25) is 11.8 Å². The molecule has 0 spiro atoms. The number of para-hydroxylation sites is 2. The number of hydrogen-bond acceptors (Lipinski definition) is 5. The Morgan fingerprint density at radius 2 is 1.65 bits per heavy atom. The normalized spacial score (nSPS) is 11.9. The predicted octanol–water partition coefficient (Wildman–Crippen LogP) is 5.19. The molecule has 0 aliphatic heterocycles. The summed E-state index contributed by atoms with van der Waals surface area (Å²) < 4.78 is 34.4. The van der Waals surface area contributed by atoms with E-state index < -0.39 is 28.5 Å². The third kappa shape index (κ3) is 7.76. The minimum Gasteiger partial charge on any atom is -0.495 e. The number of rotatable bonds is 13. The van der Waals surface area contributed by atoms with Crippen molar-refractivity contribution in [3.63, 3.8) is 0 Å². The van der Waals surface area contributed by atoms with Gasteiger partial charge in [0.15, 0.2) is 0 Å². The Bertz CT molecular complexity index is 1400. The Hall–Kier alpha value is -3.56. The number of halogens is 1. The maximum Gasteiger partial charge on any atom is 0.264 e. The van der Waals surface area contributed by atoms with Gasteiger partial charge in [-0.15, -0.1) is 0 Å². The van der Waals surface area contributed by atoms with Crippen LogP contribution in [0.4, 0.5) is 5.69 Å². The van der Waals surface area contributed by atoms with Gasteiger partial charge in [-0.2, -0.15) is 0 Å². The third-order valence-corrected chi connectivity index (χ3v) is 8.53. The summed E-state index contributed by atoms with van der Waals surface area (Å²) in [4.78, 5) is 28.4. The third-order valence-electron chi connectivity index (χ3n) is 6.50. The molecule has 3 aromatic rings. The SMILES string of the molecule is CCCCNC(=O)[C@H](C)N(Cc1ccc(Cl)cc1)C(=O)CN(c1ccccc1OC)S(=O)(=O)c1ccc(C)cc1. The first-order chi connectivity index (χ1) is 19.1. The molecule has 0 aromatic heterocycles. The van der Waals surface area contributed by atoms with E-state index in [1.807, 2.05) is 13.8 Å². The molecule has 0 bridgehead atoms. The summed E-state index contributed by atoms with van der Waals surface area (Å²) in [6.45, 7) is 5.54. The standard InChI is InChI=1S/C30H36ClN3O5S/c1-5-6-19-32-30(36)23(3)33(20-24-13-15-25(31)16-14-24)29(35)21-34(27-9-7-8-10-28(27)39-4)40(37,38)26-17-11-22(2)12-18-26/h7-18,23H,5-6,19-21H2,1-4H3,(H,32,36)/t23-/m0/s1. The summed E-state index contributed by atoms with van der Waals surface area (Å²) in [5.74, 6) is -0.573. The molecule has 0 radical (unpaired) electrons. The van der Waals surface area contributed by atoms with Crippen molar-refractivity contribution in [2.24, 2.45) is 0 Å². The number of nitrogens with one attached hydrogen (secondary N) is 1. The quantitative estimate of drug-likeness (QED) is 0.279. The van der Waals surface area contributed by atoms with E-state index in [-0.39, 0.29) is 23.0 Å². The molecule has 8 nitrogen and oxygen atoms in total. The molecular formula is C30H36ClN3O5S. The van der Waals surface area contributed by atoms with Crippen LogP contribution in [0.25, 0.3) is 0 Å². The van der Waals surface area contributed by atoms with Gasteiger partial charge in [-0.1, -0.05) is 66.9 Å². The van der Waals surface area contributed by atoms with Crippen molar-refractivity contribution in [1.29, 1.82) is 0 Å². The molecule has 0 aliphatic carbocycles. The van der Waals surface area contributed by atoms with E-state index in [9.17, 15) is 18.0 Å². The van der Waals surface area contributed by atoms with Crippen molar-refractivity contribution >= 4 is 39.1 Å². The summed E-state index contributed by atoms with van der Waals surface area (Å²) >= 11 is 6.05. The van der Waals surface area contributed by atoms with Crippen molar-refractivity contribution in [2.75, 3.05) is 24.5 Å². The van der Waals surface area contributed by atoms with Crippen molar-refractivity contribution in [3.05, 3.63) is 88.9 Å². The van der Waals surface area contributed by atoms with Gasteiger partial charge in [0.25, 0.3) is 10.0 Å². The molecule has 3 rings (SSSR count). The number of unbranched alkanes of at least 4 members (excludes halogenated alkanes) is 1. The molecule has 2 amide bonds. The van der Waals surface area contributed by atoms with Gasteiger partial charge in [-0.05, 0) is 62.2 Å².